The number of hydrogen-bond donors (Lipinski definition) is 0. The fourth-order valence-electron chi connectivity index (χ4n) is 12.5. The summed E-state index contributed by atoms with van der Waals surface area (Å²) in [5, 5.41) is 0. The fourth-order valence-corrected chi connectivity index (χ4v) is 13.5. The Balaban J connectivity index is 0.000000207. The molecule has 10 heterocycles. The first kappa shape index (κ1) is 112. The summed E-state index contributed by atoms with van der Waals surface area (Å²) in [5.41, 5.74) is 32.4. The van der Waals surface area contributed by atoms with Gasteiger partial charge in [0.2, 0.25) is 0 Å². The maximum absolute atomic E-state index is 4.30. The first-order valence-corrected chi connectivity index (χ1v) is 45.3. The molecule has 137 heavy (non-hydrogen) atoms. The number of hydrogen-bond acceptors (Lipinski definition) is 10. The van der Waals surface area contributed by atoms with Gasteiger partial charge in [0.25, 0.3) is 0 Å². The van der Waals surface area contributed by atoms with Crippen molar-refractivity contribution in [2.24, 2.45) is 0 Å². The van der Waals surface area contributed by atoms with Crippen LogP contribution in [0.1, 0.15) is 55.6 Å². The molecule has 0 saturated heterocycles. The summed E-state index contributed by atoms with van der Waals surface area (Å²) in [6, 6.07) is 145. The van der Waals surface area contributed by atoms with Crippen molar-refractivity contribution in [2.75, 3.05) is 0 Å². The molecule has 685 valence electrons. The summed E-state index contributed by atoms with van der Waals surface area (Å²) in [6.45, 7) is 20.6. The average molecular weight is 2690 g/mol. The molecule has 20 rings (SSSR count). The zero-order valence-electron chi connectivity index (χ0n) is 77.1. The van der Waals surface area contributed by atoms with Gasteiger partial charge in [-0.1, -0.05) is 178 Å². The summed E-state index contributed by atoms with van der Waals surface area (Å²) in [6.07, 6.45) is 18.2. The Morgan fingerprint density at radius 3 is 0.387 bits per heavy atom. The van der Waals surface area contributed by atoms with Crippen LogP contribution in [0.3, 0.4) is 0 Å². The number of benzene rings is 10. The molecule has 0 aliphatic heterocycles. The van der Waals surface area contributed by atoms with Gasteiger partial charge in [-0.05, 0) is 187 Å². The molecule has 10 aromatic heterocycles. The molecule has 0 bridgehead atoms. The Kier molecular flexibility index (Phi) is 50.4. The summed E-state index contributed by atoms with van der Waals surface area (Å²) in [7, 11) is 0. The molecule has 0 aliphatic rings. The molecule has 0 spiro atoms. The van der Waals surface area contributed by atoms with Gasteiger partial charge in [-0.25, -0.2) is 0 Å². The van der Waals surface area contributed by atoms with Gasteiger partial charge in [-0.3, -0.25) is 0 Å². The third-order valence-electron chi connectivity index (χ3n) is 19.2. The zero-order chi connectivity index (χ0) is 93.6. The second kappa shape index (κ2) is 61.8. The molecule has 1 radical (unpaired) electrons. The number of nitrogens with zero attached hydrogens (tertiary/aromatic N) is 10. The van der Waals surface area contributed by atoms with E-state index in [4.69, 9.17) is 0 Å². The van der Waals surface area contributed by atoms with Gasteiger partial charge in [0.15, 0.2) is 0 Å². The van der Waals surface area contributed by atoms with Crippen molar-refractivity contribution in [1.82, 2.24) is 49.8 Å². The predicted octanol–water partition coefficient (Wildman–Crippen LogP) is 30.8. The minimum absolute atomic E-state index is 0. The van der Waals surface area contributed by atoms with Crippen LogP contribution in [0.15, 0.2) is 421 Å². The summed E-state index contributed by atoms with van der Waals surface area (Å²) in [5.74, 6) is 0. The Labute approximate surface area is 888 Å². The summed E-state index contributed by atoms with van der Waals surface area (Å²) in [4.78, 5) is 42.8. The van der Waals surface area contributed by atoms with Crippen LogP contribution in [0.4, 0.5) is 0 Å². The number of halogens is 3. The minimum Gasteiger partial charge on any atom is -0.305 e. The van der Waals surface area contributed by atoms with E-state index in [9.17, 15) is 0 Å². The van der Waals surface area contributed by atoms with E-state index in [2.05, 4.69) is 288 Å². The normalized spacial score (nSPS) is 9.70. The van der Waals surface area contributed by atoms with Crippen molar-refractivity contribution >= 4 is 47.8 Å². The maximum Gasteiger partial charge on any atom is 3.00 e. The van der Waals surface area contributed by atoms with E-state index < -0.39 is 0 Å². The molecule has 0 fully saturated rings. The van der Waals surface area contributed by atoms with Crippen molar-refractivity contribution in [1.29, 1.82) is 0 Å². The number of rotatable bonds is 10. The van der Waals surface area contributed by atoms with Crippen LogP contribution in [0, 0.1) is 130 Å². The quantitative estimate of drug-likeness (QED) is 0.122. The third kappa shape index (κ3) is 40.1. The van der Waals surface area contributed by atoms with Gasteiger partial charge in [-0.2, -0.15) is 0 Å². The first-order valence-electron chi connectivity index (χ1n) is 42.9. The number of aryl methyl sites for hydroxylation is 10. The largest absolute Gasteiger partial charge is 3.00 e. The van der Waals surface area contributed by atoms with Crippen LogP contribution in [-0.4, -0.2) is 49.8 Å². The van der Waals surface area contributed by atoms with Crippen LogP contribution in [0.5, 0.6) is 0 Å². The van der Waals surface area contributed by atoms with Gasteiger partial charge in [0.05, 0.1) is 0 Å². The van der Waals surface area contributed by atoms with Gasteiger partial charge >= 0.3 is 60.3 Å². The van der Waals surface area contributed by atoms with Gasteiger partial charge < -0.3 is 49.8 Å². The number of aromatic nitrogens is 10. The van der Waals surface area contributed by atoms with Crippen LogP contribution < -0.4 is 0 Å². The molecule has 0 atom stereocenters. The molecule has 17 heteroatoms. The van der Waals surface area contributed by atoms with Crippen molar-refractivity contribution < 1.29 is 80.4 Å². The zero-order valence-corrected chi connectivity index (χ0v) is 91.5. The van der Waals surface area contributed by atoms with Gasteiger partial charge in [0, 0.05) is 82.1 Å². The molecule has 0 saturated carbocycles. The Morgan fingerprint density at radius 1 is 0.153 bits per heavy atom. The SMILES string of the molecule is Cc1ccnc(-c2[c-]ccc(Br)c2)c1.Cc1ccnc(-c2[c-]ccc(Br)c2)c1.Cc1ccnc(-c2[c-]ccc(Br)c2)c1.Cc1ccnc(-c2[c-]cccc2)c1.Cc1ccnc(-c2[c-]cccc2)c1.Cc1ccnc(-c2[c-]cccc2)c1.Cc1ccnc(-c2[c-]cccc2)c1.Cc1ccnc(-c2[c-]cccc2)c1.Cc1ccnc(-c2[c-]cccc2)c1.Cc1ccnc(-c2[c-]cccc2)c1.[Ir+3].[Ir+3].[Ir+3].[Ir]. The van der Waals surface area contributed by atoms with Crippen LogP contribution in [0.2, 0.25) is 0 Å². The number of pyridine rings is 10. The van der Waals surface area contributed by atoms with E-state index >= 15 is 0 Å². The van der Waals surface area contributed by atoms with Crippen LogP contribution in [0.25, 0.3) is 113 Å². The topological polar surface area (TPSA) is 129 Å². The minimum atomic E-state index is 0. The second-order valence-corrected chi connectivity index (χ2v) is 33.1. The first-order chi connectivity index (χ1) is 64.8. The van der Waals surface area contributed by atoms with E-state index in [1.807, 2.05) is 347 Å². The van der Waals surface area contributed by atoms with Crippen molar-refractivity contribution in [3.8, 4) is 113 Å². The maximum atomic E-state index is 4.30. The molecule has 0 amide bonds. The van der Waals surface area contributed by atoms with Crippen LogP contribution >= 0.6 is 47.8 Å². The third-order valence-corrected chi connectivity index (χ3v) is 20.6. The van der Waals surface area contributed by atoms with E-state index in [1.54, 1.807) is 0 Å². The standard InChI is InChI=1S/3C12H9BrN.7C12H10N.4Ir/c3*1-9-5-6-14-12(7-9)10-3-2-4-11(13)8-10;7*1-10-7-8-13-12(9-10)11-5-3-2-4-6-11;;;;/h3*2,4-8H,1H3;7*2-5,7-9H,1H3;;;;/q10*-1;;3*+3. The van der Waals surface area contributed by atoms with E-state index in [-0.39, 0.29) is 80.4 Å². The van der Waals surface area contributed by atoms with E-state index in [0.29, 0.717) is 0 Å². The fraction of sp³-hybridized carbons (Fsp3) is 0.0833. The molecule has 0 aliphatic carbocycles. The monoisotopic (exact) mass is 2690 g/mol. The molecular formula is C120H97Br3Ir4N10-. The average Bonchev–Trinajstić information content (AvgIpc) is 0.848. The predicted molar refractivity (Wildman–Crippen MR) is 556 cm³/mol. The molecule has 0 N–H and O–H groups in total. The van der Waals surface area contributed by atoms with Crippen molar-refractivity contribution in [2.45, 2.75) is 69.2 Å². The molecule has 10 nitrogen and oxygen atoms in total. The Hall–Kier alpha value is -12.3. The van der Waals surface area contributed by atoms with Crippen molar-refractivity contribution in [3.05, 3.63) is 537 Å². The summed E-state index contributed by atoms with van der Waals surface area (Å²) >= 11 is 10.3. The van der Waals surface area contributed by atoms with Gasteiger partial charge in [0.1, 0.15) is 0 Å². The Bertz CT molecular complexity index is 5750. The smallest absolute Gasteiger partial charge is 0.305 e. The molecular weight excluding hydrogens is 2590 g/mol. The van der Waals surface area contributed by atoms with Crippen molar-refractivity contribution in [3.63, 3.8) is 0 Å². The second-order valence-electron chi connectivity index (χ2n) is 30.4. The van der Waals surface area contributed by atoms with E-state index in [0.717, 1.165) is 126 Å². The molecule has 20 aromatic rings. The van der Waals surface area contributed by atoms with Crippen LogP contribution in [-0.2, 0) is 80.4 Å². The summed E-state index contributed by atoms with van der Waals surface area (Å²) < 4.78 is 3.15. The Morgan fingerprint density at radius 2 is 0.277 bits per heavy atom. The molecule has 10 aromatic carbocycles. The van der Waals surface area contributed by atoms with E-state index in [1.165, 1.54) is 55.6 Å². The van der Waals surface area contributed by atoms with Gasteiger partial charge in [-0.15, -0.1) is 341 Å². The molecule has 0 unspecified atom stereocenters.